The first-order valence-electron chi connectivity index (χ1n) is 8.55. The molecule has 0 aliphatic rings. The van der Waals surface area contributed by atoms with Crippen LogP contribution in [0.1, 0.15) is 28.2 Å². The molecule has 26 heavy (non-hydrogen) atoms. The summed E-state index contributed by atoms with van der Waals surface area (Å²) >= 11 is 7.52. The summed E-state index contributed by atoms with van der Waals surface area (Å²) in [7, 11) is 0. The van der Waals surface area contributed by atoms with Gasteiger partial charge in [-0.15, -0.1) is 0 Å². The highest BCUT2D eigenvalue weighted by Gasteiger charge is 2.10. The first-order valence-corrected chi connectivity index (χ1v) is 10.1. The van der Waals surface area contributed by atoms with E-state index in [4.69, 9.17) is 0 Å². The molecule has 0 fully saturated rings. The number of rotatable bonds is 5. The summed E-state index contributed by atoms with van der Waals surface area (Å²) in [5.41, 5.74) is 4.88. The molecule has 0 bridgehead atoms. The fourth-order valence-electron chi connectivity index (χ4n) is 2.73. The molecule has 0 saturated carbocycles. The Morgan fingerprint density at radius 2 is 1.08 bits per heavy atom. The van der Waals surface area contributed by atoms with Crippen molar-refractivity contribution in [3.8, 4) is 0 Å². The molecule has 0 aromatic heterocycles. The number of benzene rings is 3. The third kappa shape index (κ3) is 5.06. The van der Waals surface area contributed by atoms with Gasteiger partial charge in [0.05, 0.1) is 0 Å². The van der Waals surface area contributed by atoms with Gasteiger partial charge < -0.3 is 0 Å². The molecule has 3 aromatic rings. The van der Waals surface area contributed by atoms with Crippen molar-refractivity contribution in [2.45, 2.75) is 12.8 Å². The number of hydrogen-bond donors (Lipinski definition) is 0. The molecule has 0 amide bonds. The molecule has 0 N–H and O–H groups in total. The molecule has 0 unspecified atom stereocenters. The van der Waals surface area contributed by atoms with Gasteiger partial charge in [-0.2, -0.15) is 0 Å². The van der Waals surface area contributed by atoms with Crippen LogP contribution in [0.5, 0.6) is 0 Å². The average Bonchev–Trinajstić information content (AvgIpc) is 2.69. The van der Waals surface area contributed by atoms with Crippen LogP contribution >= 0.6 is 31.9 Å². The Labute approximate surface area is 172 Å². The van der Waals surface area contributed by atoms with Crippen LogP contribution < -0.4 is 0 Å². The highest BCUT2D eigenvalue weighted by atomic mass is 79.9. The highest BCUT2D eigenvalue weighted by Crippen LogP contribution is 2.32. The molecule has 3 aromatic carbocycles. The van der Waals surface area contributed by atoms with Gasteiger partial charge >= 0.3 is 0 Å². The number of halogens is 2. The number of allylic oxidation sites excluding steroid dienone is 2. The lowest BCUT2D eigenvalue weighted by Crippen LogP contribution is -1.94. The molecule has 0 spiro atoms. The monoisotopic (exact) mass is 466 g/mol. The van der Waals surface area contributed by atoms with Crippen molar-refractivity contribution in [3.63, 3.8) is 0 Å². The highest BCUT2D eigenvalue weighted by molar-refractivity contribution is 9.15. The Kier molecular flexibility index (Phi) is 6.65. The summed E-state index contributed by atoms with van der Waals surface area (Å²) in [5, 5.41) is 0. The molecule has 0 nitrogen and oxygen atoms in total. The normalized spacial score (nSPS) is 12.5. The Morgan fingerprint density at radius 3 is 1.50 bits per heavy atom. The van der Waals surface area contributed by atoms with Crippen LogP contribution in [0.2, 0.25) is 0 Å². The summed E-state index contributed by atoms with van der Waals surface area (Å²) in [6, 6.07) is 29.5. The predicted molar refractivity (Wildman–Crippen MR) is 121 cm³/mol. The summed E-state index contributed by atoms with van der Waals surface area (Å²) < 4.78 is 2.18. The first kappa shape index (κ1) is 18.9. The van der Waals surface area contributed by atoms with Crippen LogP contribution in [0.25, 0.3) is 8.96 Å². The van der Waals surface area contributed by atoms with Crippen LogP contribution in [0.4, 0.5) is 0 Å². The molecule has 0 heterocycles. The Hall–Kier alpha value is -1.90. The zero-order chi connectivity index (χ0) is 18.4. The smallest absolute Gasteiger partial charge is 0.0226 e. The van der Waals surface area contributed by atoms with Crippen LogP contribution in [-0.4, -0.2) is 0 Å². The molecule has 0 aliphatic carbocycles. The molecule has 3 rings (SSSR count). The van der Waals surface area contributed by atoms with E-state index in [0.29, 0.717) is 0 Å². The van der Waals surface area contributed by atoms with Gasteiger partial charge in [-0.05, 0) is 23.6 Å². The fraction of sp³-hybridized carbons (Fsp3) is 0.0833. The summed E-state index contributed by atoms with van der Waals surface area (Å²) in [6.07, 6.45) is 4.51. The second-order valence-corrected chi connectivity index (χ2v) is 7.91. The largest absolute Gasteiger partial charge is 0.0622 e. The predicted octanol–water partition coefficient (Wildman–Crippen LogP) is 7.95. The van der Waals surface area contributed by atoms with E-state index in [1.165, 1.54) is 22.3 Å². The van der Waals surface area contributed by atoms with Crippen LogP contribution in [0.3, 0.4) is 0 Å². The SMILES string of the molecule is Cc1ccc(C(/C=C(\Br)c2ccccc2)/C=C(\Br)c2ccccc2)cc1. The van der Waals surface area contributed by atoms with Gasteiger partial charge in [0.15, 0.2) is 0 Å². The summed E-state index contributed by atoms with van der Waals surface area (Å²) in [4.78, 5) is 0. The maximum absolute atomic E-state index is 3.76. The molecular formula is C24H20Br2. The Bertz CT molecular complexity index is 836. The third-order valence-electron chi connectivity index (χ3n) is 4.21. The van der Waals surface area contributed by atoms with E-state index >= 15 is 0 Å². The van der Waals surface area contributed by atoms with Crippen molar-refractivity contribution in [2.75, 3.05) is 0 Å². The van der Waals surface area contributed by atoms with Gasteiger partial charge in [-0.25, -0.2) is 0 Å². The van der Waals surface area contributed by atoms with Crippen molar-refractivity contribution in [3.05, 3.63) is 119 Å². The van der Waals surface area contributed by atoms with E-state index in [1.54, 1.807) is 0 Å². The molecule has 0 radical (unpaired) electrons. The van der Waals surface area contributed by atoms with Crippen molar-refractivity contribution in [1.82, 2.24) is 0 Å². The van der Waals surface area contributed by atoms with Crippen molar-refractivity contribution < 1.29 is 0 Å². The maximum Gasteiger partial charge on any atom is 0.0226 e. The van der Waals surface area contributed by atoms with Crippen molar-refractivity contribution >= 4 is 40.8 Å². The summed E-state index contributed by atoms with van der Waals surface area (Å²) in [6.45, 7) is 2.12. The third-order valence-corrected chi connectivity index (χ3v) is 5.66. The lowest BCUT2D eigenvalue weighted by atomic mass is 9.95. The van der Waals surface area contributed by atoms with E-state index < -0.39 is 0 Å². The van der Waals surface area contributed by atoms with Crippen LogP contribution in [0, 0.1) is 6.92 Å². The minimum absolute atomic E-state index is 0.153. The molecule has 0 saturated heterocycles. The minimum atomic E-state index is 0.153. The Morgan fingerprint density at radius 1 is 0.654 bits per heavy atom. The lowest BCUT2D eigenvalue weighted by Gasteiger charge is -2.13. The second-order valence-electron chi connectivity index (χ2n) is 6.20. The molecule has 130 valence electrons. The first-order chi connectivity index (χ1) is 12.6. The van der Waals surface area contributed by atoms with Gasteiger partial charge in [0.1, 0.15) is 0 Å². The van der Waals surface area contributed by atoms with Crippen LogP contribution in [-0.2, 0) is 0 Å². The van der Waals surface area contributed by atoms with E-state index in [0.717, 1.165) is 8.96 Å². The molecule has 0 aliphatic heterocycles. The number of hydrogen-bond acceptors (Lipinski definition) is 0. The van der Waals surface area contributed by atoms with E-state index in [2.05, 4.69) is 124 Å². The minimum Gasteiger partial charge on any atom is -0.0622 e. The van der Waals surface area contributed by atoms with Gasteiger partial charge in [0.2, 0.25) is 0 Å². The summed E-state index contributed by atoms with van der Waals surface area (Å²) in [5.74, 6) is 0.153. The van der Waals surface area contributed by atoms with Gasteiger partial charge in [0.25, 0.3) is 0 Å². The standard InChI is InChI=1S/C24H20Br2/c1-18-12-14-19(15-13-18)22(16-23(25)20-8-4-2-5-9-20)17-24(26)21-10-6-3-7-11-21/h2-17,22H,1H3/b23-16-,24-17-. The second kappa shape index (κ2) is 9.16. The topological polar surface area (TPSA) is 0 Å². The van der Waals surface area contributed by atoms with Crippen LogP contribution in [0.15, 0.2) is 97.1 Å². The van der Waals surface area contributed by atoms with E-state index in [9.17, 15) is 0 Å². The molecule has 0 atom stereocenters. The van der Waals surface area contributed by atoms with Gasteiger partial charge in [-0.1, -0.05) is 135 Å². The van der Waals surface area contributed by atoms with E-state index in [-0.39, 0.29) is 5.92 Å². The zero-order valence-corrected chi connectivity index (χ0v) is 17.7. The fourth-order valence-corrected chi connectivity index (χ4v) is 3.83. The molecular weight excluding hydrogens is 448 g/mol. The number of aryl methyl sites for hydroxylation is 1. The zero-order valence-electron chi connectivity index (χ0n) is 14.6. The lowest BCUT2D eigenvalue weighted by molar-refractivity contribution is 1.09. The Balaban J connectivity index is 2.01. The van der Waals surface area contributed by atoms with Crippen molar-refractivity contribution in [1.29, 1.82) is 0 Å². The van der Waals surface area contributed by atoms with Gasteiger partial charge in [-0.3, -0.25) is 0 Å². The van der Waals surface area contributed by atoms with Crippen molar-refractivity contribution in [2.24, 2.45) is 0 Å². The quantitative estimate of drug-likeness (QED) is 0.357. The molecule has 2 heteroatoms. The average molecular weight is 468 g/mol. The van der Waals surface area contributed by atoms with E-state index in [1.807, 2.05) is 12.1 Å². The maximum atomic E-state index is 3.76. The van der Waals surface area contributed by atoms with Gasteiger partial charge in [0, 0.05) is 14.9 Å².